The van der Waals surface area contributed by atoms with E-state index in [0.29, 0.717) is 22.4 Å². The highest BCUT2D eigenvalue weighted by Gasteiger charge is 2.19. The topological polar surface area (TPSA) is 78.9 Å². The van der Waals surface area contributed by atoms with Gasteiger partial charge in [0.2, 0.25) is 0 Å². The van der Waals surface area contributed by atoms with E-state index >= 15 is 0 Å². The number of benzene rings is 2. The number of rotatable bonds is 6. The average molecular weight is 356 g/mol. The summed E-state index contributed by atoms with van der Waals surface area (Å²) in [7, 11) is 0. The van der Waals surface area contributed by atoms with Gasteiger partial charge in [0, 0.05) is 13.8 Å². The van der Waals surface area contributed by atoms with Crippen LogP contribution in [0.4, 0.5) is 0 Å². The molecule has 136 valence electrons. The first-order valence-electron chi connectivity index (χ1n) is 8.13. The minimum Gasteiger partial charge on any atom is -0.462 e. The highest BCUT2D eigenvalue weighted by molar-refractivity contribution is 5.89. The van der Waals surface area contributed by atoms with Crippen molar-refractivity contribution in [3.8, 4) is 5.75 Å². The predicted molar refractivity (Wildman–Crippen MR) is 93.8 cm³/mol. The van der Waals surface area contributed by atoms with E-state index in [1.807, 2.05) is 0 Å². The van der Waals surface area contributed by atoms with Crippen molar-refractivity contribution in [2.24, 2.45) is 0 Å². The van der Waals surface area contributed by atoms with Crippen molar-refractivity contribution in [2.45, 2.75) is 26.9 Å². The minimum atomic E-state index is -0.701. The van der Waals surface area contributed by atoms with E-state index in [4.69, 9.17) is 14.2 Å². The van der Waals surface area contributed by atoms with E-state index in [9.17, 15) is 14.4 Å². The lowest BCUT2D eigenvalue weighted by Crippen LogP contribution is -2.12. The number of carbonyl (C=O) groups excluding carboxylic acids is 3. The summed E-state index contributed by atoms with van der Waals surface area (Å²) in [4.78, 5) is 34.5. The number of ether oxygens (including phenoxy) is 3. The highest BCUT2D eigenvalue weighted by atomic mass is 16.5. The summed E-state index contributed by atoms with van der Waals surface area (Å²) in [5.41, 5.74) is 1.68. The molecule has 6 nitrogen and oxygen atoms in total. The Hall–Kier alpha value is -3.15. The van der Waals surface area contributed by atoms with Gasteiger partial charge in [0.1, 0.15) is 5.75 Å². The Kier molecular flexibility index (Phi) is 6.49. The highest BCUT2D eigenvalue weighted by Crippen LogP contribution is 2.28. The van der Waals surface area contributed by atoms with E-state index in [0.717, 1.165) is 0 Å². The molecule has 0 bridgehead atoms. The predicted octanol–water partition coefficient (Wildman–Crippen LogP) is 3.44. The summed E-state index contributed by atoms with van der Waals surface area (Å²) in [5.74, 6) is -0.929. The molecule has 1 unspecified atom stereocenters. The molecule has 6 heteroatoms. The van der Waals surface area contributed by atoms with Crippen molar-refractivity contribution in [1.29, 1.82) is 0 Å². The smallest absolute Gasteiger partial charge is 0.338 e. The van der Waals surface area contributed by atoms with Crippen LogP contribution in [0.25, 0.3) is 0 Å². The Balaban J connectivity index is 2.35. The van der Waals surface area contributed by atoms with Gasteiger partial charge in [-0.3, -0.25) is 9.59 Å². The monoisotopic (exact) mass is 356 g/mol. The standard InChI is InChI=1S/C20H20O6/c1-4-24-20(23)17-7-5-6-16(12-17)19(26-14(3)22)15-8-10-18(11-9-15)25-13(2)21/h5-12,19H,4H2,1-3H3. The second-order valence-corrected chi connectivity index (χ2v) is 5.50. The van der Waals surface area contributed by atoms with Crippen LogP contribution in [0, 0.1) is 0 Å². The van der Waals surface area contributed by atoms with Gasteiger partial charge in [0.05, 0.1) is 12.2 Å². The normalized spacial score (nSPS) is 11.3. The summed E-state index contributed by atoms with van der Waals surface area (Å²) in [6, 6.07) is 13.3. The van der Waals surface area contributed by atoms with Gasteiger partial charge in [-0.2, -0.15) is 0 Å². The first kappa shape index (κ1) is 19.2. The molecule has 0 aliphatic heterocycles. The van der Waals surface area contributed by atoms with Gasteiger partial charge in [-0.1, -0.05) is 24.3 Å². The lowest BCUT2D eigenvalue weighted by Gasteiger charge is -2.19. The molecule has 1 atom stereocenters. The van der Waals surface area contributed by atoms with Crippen molar-refractivity contribution < 1.29 is 28.6 Å². The fraction of sp³-hybridized carbons (Fsp3) is 0.250. The zero-order valence-electron chi connectivity index (χ0n) is 14.9. The number of hydrogen-bond donors (Lipinski definition) is 0. The van der Waals surface area contributed by atoms with Crippen LogP contribution in [0.3, 0.4) is 0 Å². The number of carbonyl (C=O) groups is 3. The van der Waals surface area contributed by atoms with Gasteiger partial charge in [0.25, 0.3) is 0 Å². The molecular weight excluding hydrogens is 336 g/mol. The van der Waals surface area contributed by atoms with Gasteiger partial charge >= 0.3 is 17.9 Å². The Morgan fingerprint density at radius 1 is 0.923 bits per heavy atom. The summed E-state index contributed by atoms with van der Waals surface area (Å²) >= 11 is 0. The van der Waals surface area contributed by atoms with Gasteiger partial charge in [-0.15, -0.1) is 0 Å². The maximum absolute atomic E-state index is 11.9. The van der Waals surface area contributed by atoms with Crippen LogP contribution in [-0.4, -0.2) is 24.5 Å². The molecule has 0 amide bonds. The molecule has 0 aliphatic rings. The largest absolute Gasteiger partial charge is 0.462 e. The lowest BCUT2D eigenvalue weighted by atomic mass is 9.99. The fourth-order valence-electron chi connectivity index (χ4n) is 2.41. The van der Waals surface area contributed by atoms with E-state index < -0.39 is 24.0 Å². The Morgan fingerprint density at radius 3 is 2.19 bits per heavy atom. The molecule has 0 heterocycles. The van der Waals surface area contributed by atoms with Crippen LogP contribution >= 0.6 is 0 Å². The van der Waals surface area contributed by atoms with Crippen molar-refractivity contribution >= 4 is 17.9 Å². The fourth-order valence-corrected chi connectivity index (χ4v) is 2.41. The second-order valence-electron chi connectivity index (χ2n) is 5.50. The number of hydrogen-bond acceptors (Lipinski definition) is 6. The van der Waals surface area contributed by atoms with E-state index in [1.54, 1.807) is 55.5 Å². The van der Waals surface area contributed by atoms with E-state index in [-0.39, 0.29) is 6.61 Å². The Bertz CT molecular complexity index is 794. The van der Waals surface area contributed by atoms with Crippen molar-refractivity contribution in [1.82, 2.24) is 0 Å². The molecule has 26 heavy (non-hydrogen) atoms. The van der Waals surface area contributed by atoms with Crippen LogP contribution in [-0.2, 0) is 19.1 Å². The van der Waals surface area contributed by atoms with Crippen molar-refractivity contribution in [3.05, 3.63) is 65.2 Å². The van der Waals surface area contributed by atoms with Gasteiger partial charge < -0.3 is 14.2 Å². The van der Waals surface area contributed by atoms with Crippen LogP contribution in [0.1, 0.15) is 48.4 Å². The third-order valence-corrected chi connectivity index (χ3v) is 3.43. The number of esters is 3. The van der Waals surface area contributed by atoms with Crippen LogP contribution < -0.4 is 4.74 Å². The first-order valence-corrected chi connectivity index (χ1v) is 8.13. The lowest BCUT2D eigenvalue weighted by molar-refractivity contribution is -0.144. The van der Waals surface area contributed by atoms with Crippen LogP contribution in [0.5, 0.6) is 5.75 Å². The molecule has 0 saturated heterocycles. The van der Waals surface area contributed by atoms with Gasteiger partial charge in [-0.25, -0.2) is 4.79 Å². The summed E-state index contributed by atoms with van der Waals surface area (Å²) in [6.45, 7) is 4.63. The molecule has 0 N–H and O–H groups in total. The molecular formula is C20H20O6. The van der Waals surface area contributed by atoms with E-state index in [1.165, 1.54) is 13.8 Å². The van der Waals surface area contributed by atoms with Crippen molar-refractivity contribution in [3.63, 3.8) is 0 Å². The quantitative estimate of drug-likeness (QED) is 0.583. The zero-order valence-corrected chi connectivity index (χ0v) is 14.9. The molecule has 2 aromatic rings. The molecule has 0 spiro atoms. The SMILES string of the molecule is CCOC(=O)c1cccc(C(OC(C)=O)c2ccc(OC(C)=O)cc2)c1. The van der Waals surface area contributed by atoms with Crippen molar-refractivity contribution in [2.75, 3.05) is 6.61 Å². The zero-order chi connectivity index (χ0) is 19.1. The third kappa shape index (κ3) is 5.17. The summed E-state index contributed by atoms with van der Waals surface area (Å²) in [6.07, 6.45) is -0.701. The van der Waals surface area contributed by atoms with E-state index in [2.05, 4.69) is 0 Å². The summed E-state index contributed by atoms with van der Waals surface area (Å²) in [5, 5.41) is 0. The summed E-state index contributed by atoms with van der Waals surface area (Å²) < 4.78 is 15.5. The maximum Gasteiger partial charge on any atom is 0.338 e. The van der Waals surface area contributed by atoms with Gasteiger partial charge in [-0.05, 0) is 42.3 Å². The molecule has 0 radical (unpaired) electrons. The molecule has 0 aliphatic carbocycles. The molecule has 0 aromatic heterocycles. The Labute approximate surface area is 151 Å². The molecule has 2 rings (SSSR count). The van der Waals surface area contributed by atoms with Gasteiger partial charge in [0.15, 0.2) is 6.10 Å². The third-order valence-electron chi connectivity index (χ3n) is 3.43. The molecule has 0 fully saturated rings. The first-order chi connectivity index (χ1) is 12.4. The average Bonchev–Trinajstić information content (AvgIpc) is 2.60. The molecule has 2 aromatic carbocycles. The second kappa shape index (κ2) is 8.80. The van der Waals surface area contributed by atoms with Crippen LogP contribution in [0.2, 0.25) is 0 Å². The maximum atomic E-state index is 11.9. The minimum absolute atomic E-state index is 0.272. The van der Waals surface area contributed by atoms with Crippen LogP contribution in [0.15, 0.2) is 48.5 Å². The molecule has 0 saturated carbocycles. The Morgan fingerprint density at radius 2 is 1.62 bits per heavy atom.